The first-order chi connectivity index (χ1) is 6.16. The molecule has 0 bridgehead atoms. The highest BCUT2D eigenvalue weighted by atomic mass is 16.5. The Kier molecular flexibility index (Phi) is 3.26. The summed E-state index contributed by atoms with van der Waals surface area (Å²) in [5.41, 5.74) is -0.217. The van der Waals surface area contributed by atoms with Gasteiger partial charge in [-0.25, -0.2) is 0 Å². The summed E-state index contributed by atoms with van der Waals surface area (Å²) in [5.74, 6) is -0.223. The summed E-state index contributed by atoms with van der Waals surface area (Å²) >= 11 is 0. The van der Waals surface area contributed by atoms with Gasteiger partial charge in [0.25, 0.3) is 0 Å². The zero-order valence-electron chi connectivity index (χ0n) is 7.80. The molecule has 0 saturated carbocycles. The molecule has 1 rings (SSSR count). The van der Waals surface area contributed by atoms with Crippen molar-refractivity contribution in [2.45, 2.75) is 31.8 Å². The van der Waals surface area contributed by atoms with Gasteiger partial charge in [0, 0.05) is 13.2 Å². The van der Waals surface area contributed by atoms with Crippen LogP contribution in [0.4, 0.5) is 0 Å². The van der Waals surface area contributed by atoms with E-state index in [2.05, 4.69) is 5.32 Å². The van der Waals surface area contributed by atoms with Crippen molar-refractivity contribution in [2.24, 2.45) is 0 Å². The van der Waals surface area contributed by atoms with Crippen LogP contribution in [0.15, 0.2) is 0 Å². The van der Waals surface area contributed by atoms with Crippen LogP contribution in [0.3, 0.4) is 0 Å². The predicted octanol–water partition coefficient (Wildman–Crippen LogP) is 0.585. The molecular weight excluding hydrogens is 168 g/mol. The lowest BCUT2D eigenvalue weighted by Crippen LogP contribution is -2.39. The number of carbonyl (C=O) groups excluding carboxylic acids is 1. The van der Waals surface area contributed by atoms with Crippen LogP contribution in [0.25, 0.3) is 0 Å². The first-order valence-corrected chi connectivity index (χ1v) is 4.44. The monoisotopic (exact) mass is 182 g/mol. The predicted molar refractivity (Wildman–Crippen MR) is 46.8 cm³/mol. The summed E-state index contributed by atoms with van der Waals surface area (Å²) in [5, 5.41) is 10.9. The van der Waals surface area contributed by atoms with E-state index in [1.54, 1.807) is 6.07 Å². The molecule has 4 heteroatoms. The summed E-state index contributed by atoms with van der Waals surface area (Å²) in [6.07, 6.45) is 1.94. The fourth-order valence-corrected chi connectivity index (χ4v) is 1.40. The molecule has 0 aromatic heterocycles. The summed E-state index contributed by atoms with van der Waals surface area (Å²) in [7, 11) is 0. The molecule has 0 spiro atoms. The average molecular weight is 182 g/mol. The van der Waals surface area contributed by atoms with Crippen molar-refractivity contribution in [3.05, 3.63) is 0 Å². The van der Waals surface area contributed by atoms with Gasteiger partial charge in [0.15, 0.2) is 0 Å². The number of nitriles is 1. The van der Waals surface area contributed by atoms with Gasteiger partial charge in [0.05, 0.1) is 11.7 Å². The molecule has 1 fully saturated rings. The highest BCUT2D eigenvalue weighted by Gasteiger charge is 2.29. The van der Waals surface area contributed by atoms with Gasteiger partial charge in [-0.1, -0.05) is 0 Å². The number of nitrogens with zero attached hydrogens (tertiary/aromatic N) is 1. The van der Waals surface area contributed by atoms with Crippen molar-refractivity contribution in [1.82, 2.24) is 5.32 Å². The van der Waals surface area contributed by atoms with Gasteiger partial charge in [0.2, 0.25) is 5.91 Å². The zero-order chi connectivity index (χ0) is 9.73. The summed E-state index contributed by atoms with van der Waals surface area (Å²) in [6, 6.07) is 1.80. The van der Waals surface area contributed by atoms with Crippen LogP contribution in [0.2, 0.25) is 0 Å². The second-order valence-electron chi connectivity index (χ2n) is 3.51. The normalized spacial score (nSPS) is 26.8. The lowest BCUT2D eigenvalue weighted by atomic mass is 10.0. The van der Waals surface area contributed by atoms with Gasteiger partial charge in [-0.3, -0.25) is 4.79 Å². The fourth-order valence-electron chi connectivity index (χ4n) is 1.40. The minimum atomic E-state index is -0.223. The van der Waals surface area contributed by atoms with Crippen molar-refractivity contribution >= 4 is 5.91 Å². The number of rotatable bonds is 3. The van der Waals surface area contributed by atoms with E-state index in [4.69, 9.17) is 10.00 Å². The molecule has 1 amide bonds. The third-order valence-corrected chi connectivity index (χ3v) is 2.20. The first kappa shape index (κ1) is 10.0. The number of ether oxygens (including phenoxy) is 1. The molecule has 13 heavy (non-hydrogen) atoms. The third-order valence-electron chi connectivity index (χ3n) is 2.20. The molecule has 1 aliphatic heterocycles. The van der Waals surface area contributed by atoms with Gasteiger partial charge in [-0.2, -0.15) is 5.26 Å². The second kappa shape index (κ2) is 4.24. The molecular formula is C9H14N2O2. The molecule has 0 aromatic carbocycles. The molecule has 0 radical (unpaired) electrons. The van der Waals surface area contributed by atoms with E-state index in [0.29, 0.717) is 6.54 Å². The highest BCUT2D eigenvalue weighted by Crippen LogP contribution is 2.23. The van der Waals surface area contributed by atoms with Crippen LogP contribution >= 0.6 is 0 Å². The van der Waals surface area contributed by atoms with Crippen LogP contribution in [0.5, 0.6) is 0 Å². The van der Waals surface area contributed by atoms with Crippen LogP contribution in [0, 0.1) is 11.3 Å². The van der Waals surface area contributed by atoms with E-state index in [0.717, 1.165) is 19.4 Å². The molecule has 4 nitrogen and oxygen atoms in total. The van der Waals surface area contributed by atoms with E-state index >= 15 is 0 Å². The molecule has 0 aliphatic carbocycles. The second-order valence-corrected chi connectivity index (χ2v) is 3.51. The van der Waals surface area contributed by atoms with Crippen LogP contribution in [0.1, 0.15) is 26.2 Å². The van der Waals surface area contributed by atoms with E-state index < -0.39 is 0 Å². The quantitative estimate of drug-likeness (QED) is 0.694. The maximum Gasteiger partial charge on any atom is 0.234 e. The Bertz CT molecular complexity index is 226. The number of hydrogen-bond donors (Lipinski definition) is 1. The van der Waals surface area contributed by atoms with E-state index in [9.17, 15) is 4.79 Å². The Morgan fingerprint density at radius 2 is 2.54 bits per heavy atom. The molecule has 0 aromatic rings. The highest BCUT2D eigenvalue weighted by molar-refractivity contribution is 5.78. The maximum atomic E-state index is 11.0. The third kappa shape index (κ3) is 3.03. The average Bonchev–Trinajstić information content (AvgIpc) is 2.51. The van der Waals surface area contributed by atoms with Crippen molar-refractivity contribution in [2.75, 3.05) is 13.2 Å². The fraction of sp³-hybridized carbons (Fsp3) is 0.778. The summed E-state index contributed by atoms with van der Waals surface area (Å²) in [6.45, 7) is 3.25. The largest absolute Gasteiger partial charge is 0.373 e. The van der Waals surface area contributed by atoms with Crippen LogP contribution < -0.4 is 5.32 Å². The van der Waals surface area contributed by atoms with Gasteiger partial charge in [-0.05, 0) is 19.8 Å². The standard InChI is InChI=1S/C9H14N2O2/c1-9(4-2-6-13-9)7-11-8(12)3-5-10/h2-4,6-7H2,1H3,(H,11,12). The van der Waals surface area contributed by atoms with E-state index in [-0.39, 0.29) is 17.9 Å². The van der Waals surface area contributed by atoms with Crippen molar-refractivity contribution in [3.8, 4) is 6.07 Å². The molecule has 1 atom stereocenters. The Morgan fingerprint density at radius 3 is 3.08 bits per heavy atom. The van der Waals surface area contributed by atoms with E-state index in [1.165, 1.54) is 0 Å². The topological polar surface area (TPSA) is 62.1 Å². The van der Waals surface area contributed by atoms with Gasteiger partial charge < -0.3 is 10.1 Å². The van der Waals surface area contributed by atoms with Crippen LogP contribution in [-0.2, 0) is 9.53 Å². The van der Waals surface area contributed by atoms with E-state index in [1.807, 2.05) is 6.92 Å². The smallest absolute Gasteiger partial charge is 0.234 e. The van der Waals surface area contributed by atoms with Crippen LogP contribution in [-0.4, -0.2) is 24.7 Å². The number of amides is 1. The SMILES string of the molecule is CC1(CNC(=O)CC#N)CCCO1. The number of hydrogen-bond acceptors (Lipinski definition) is 3. The molecule has 1 aliphatic rings. The molecule has 1 saturated heterocycles. The number of carbonyl (C=O) groups is 1. The Labute approximate surface area is 77.9 Å². The Balaban J connectivity index is 2.25. The van der Waals surface area contributed by atoms with Crippen molar-refractivity contribution in [3.63, 3.8) is 0 Å². The molecule has 1 unspecified atom stereocenters. The van der Waals surface area contributed by atoms with Crippen molar-refractivity contribution in [1.29, 1.82) is 5.26 Å². The molecule has 1 heterocycles. The van der Waals surface area contributed by atoms with Gasteiger partial charge in [0.1, 0.15) is 6.42 Å². The van der Waals surface area contributed by atoms with Gasteiger partial charge in [-0.15, -0.1) is 0 Å². The minimum absolute atomic E-state index is 0.0733. The molecule has 1 N–H and O–H groups in total. The Morgan fingerprint density at radius 1 is 1.77 bits per heavy atom. The summed E-state index contributed by atoms with van der Waals surface area (Å²) < 4.78 is 5.47. The number of nitrogens with one attached hydrogen (secondary N) is 1. The maximum absolute atomic E-state index is 11.0. The lowest BCUT2D eigenvalue weighted by molar-refractivity contribution is -0.121. The zero-order valence-corrected chi connectivity index (χ0v) is 7.80. The summed E-state index contributed by atoms with van der Waals surface area (Å²) in [4.78, 5) is 11.0. The Hall–Kier alpha value is -1.08. The lowest BCUT2D eigenvalue weighted by Gasteiger charge is -2.22. The minimum Gasteiger partial charge on any atom is -0.373 e. The first-order valence-electron chi connectivity index (χ1n) is 4.44. The molecule has 72 valence electrons. The van der Waals surface area contributed by atoms with Crippen molar-refractivity contribution < 1.29 is 9.53 Å². The van der Waals surface area contributed by atoms with Gasteiger partial charge >= 0.3 is 0 Å².